The third kappa shape index (κ3) is 2.69. The maximum atomic E-state index is 12.9. The van der Waals surface area contributed by atoms with Gasteiger partial charge in [-0.05, 0) is 22.8 Å². The zero-order valence-corrected chi connectivity index (χ0v) is 14.7. The molecule has 3 heterocycles. The molecule has 0 aliphatic carbocycles. The van der Waals surface area contributed by atoms with Gasteiger partial charge in [0.2, 0.25) is 0 Å². The van der Waals surface area contributed by atoms with Crippen LogP contribution in [0.2, 0.25) is 0 Å². The number of imidazole rings is 1. The minimum atomic E-state index is -0.585. The molecule has 1 aliphatic heterocycles. The van der Waals surface area contributed by atoms with E-state index in [4.69, 9.17) is 0 Å². The zero-order valence-electron chi connectivity index (χ0n) is 14.7. The molecule has 6 heteroatoms. The lowest BCUT2D eigenvalue weighted by molar-refractivity contribution is 0.0383. The second-order valence-corrected chi connectivity index (χ2v) is 7.13. The van der Waals surface area contributed by atoms with Crippen molar-refractivity contribution in [3.05, 3.63) is 72.2 Å². The van der Waals surface area contributed by atoms with Crippen molar-refractivity contribution in [1.29, 1.82) is 0 Å². The summed E-state index contributed by atoms with van der Waals surface area (Å²) in [7, 11) is 0. The van der Waals surface area contributed by atoms with Crippen LogP contribution in [-0.4, -0.2) is 49.7 Å². The fourth-order valence-electron chi connectivity index (χ4n) is 4.08. The van der Waals surface area contributed by atoms with Gasteiger partial charge in [-0.2, -0.15) is 0 Å². The summed E-state index contributed by atoms with van der Waals surface area (Å²) in [5, 5.41) is 16.1. The number of carbonyl (C=O) groups is 1. The predicted molar refractivity (Wildman–Crippen MR) is 103 cm³/mol. The average molecular weight is 360 g/mol. The first kappa shape index (κ1) is 16.1. The summed E-state index contributed by atoms with van der Waals surface area (Å²) in [6.07, 6.45) is 5.25. The van der Waals surface area contributed by atoms with Crippen LogP contribution < -0.4 is 0 Å². The Morgan fingerprint density at radius 3 is 2.89 bits per heavy atom. The summed E-state index contributed by atoms with van der Waals surface area (Å²) in [6.45, 7) is 0.944. The number of piperidine rings is 1. The molecule has 2 aromatic carbocycles. The number of aliphatic hydroxyl groups excluding tert-OH is 1. The van der Waals surface area contributed by atoms with Crippen LogP contribution in [0.15, 0.2) is 61.1 Å². The molecular formula is C21H20N4O2. The number of rotatable bonds is 2. The highest BCUT2D eigenvalue weighted by atomic mass is 16.3. The zero-order chi connectivity index (χ0) is 18.4. The number of amides is 1. The van der Waals surface area contributed by atoms with Gasteiger partial charge in [0, 0.05) is 37.6 Å². The lowest BCUT2D eigenvalue weighted by Crippen LogP contribution is -2.45. The van der Waals surface area contributed by atoms with Crippen LogP contribution in [-0.2, 0) is 0 Å². The van der Waals surface area contributed by atoms with Crippen LogP contribution in [0.5, 0.6) is 0 Å². The minimum Gasteiger partial charge on any atom is -0.391 e. The van der Waals surface area contributed by atoms with E-state index in [1.165, 1.54) is 10.8 Å². The van der Waals surface area contributed by atoms with Gasteiger partial charge in [-0.1, -0.05) is 42.5 Å². The standard InChI is InChI=1S/C21H20N4O2/c26-19-13-24(21(27)18-12-23-25-10-8-22-20(18)25)9-7-17(19)16-6-5-14-3-1-2-4-15(14)11-16/h1-6,8,10-12,17,19,23,26H,7,9,13H2. The molecule has 1 amide bonds. The minimum absolute atomic E-state index is 0.0383. The van der Waals surface area contributed by atoms with E-state index in [0.29, 0.717) is 24.3 Å². The molecule has 0 spiro atoms. The summed E-state index contributed by atoms with van der Waals surface area (Å²) >= 11 is 0. The number of H-pyrrole nitrogens is 1. The van der Waals surface area contributed by atoms with Gasteiger partial charge in [0.25, 0.3) is 5.91 Å². The summed E-state index contributed by atoms with van der Waals surface area (Å²) in [5.74, 6) is -0.0558. The van der Waals surface area contributed by atoms with Crippen LogP contribution >= 0.6 is 0 Å². The van der Waals surface area contributed by atoms with Gasteiger partial charge in [-0.3, -0.25) is 9.89 Å². The molecule has 0 radical (unpaired) electrons. The first-order valence-electron chi connectivity index (χ1n) is 9.17. The average Bonchev–Trinajstić information content (AvgIpc) is 3.31. The molecule has 2 N–H and O–H groups in total. The Morgan fingerprint density at radius 2 is 2.04 bits per heavy atom. The molecule has 2 atom stereocenters. The quantitative estimate of drug-likeness (QED) is 0.577. The number of benzene rings is 2. The van der Waals surface area contributed by atoms with Crippen LogP contribution in [0.25, 0.3) is 16.4 Å². The number of aromatic amines is 1. The van der Waals surface area contributed by atoms with Crippen molar-refractivity contribution < 1.29 is 9.90 Å². The summed E-state index contributed by atoms with van der Waals surface area (Å²) in [4.78, 5) is 18.8. The highest BCUT2D eigenvalue weighted by Crippen LogP contribution is 2.31. The lowest BCUT2D eigenvalue weighted by atomic mass is 9.86. The third-order valence-electron chi connectivity index (χ3n) is 5.53. The van der Waals surface area contributed by atoms with Crippen molar-refractivity contribution in [3.8, 4) is 0 Å². The van der Waals surface area contributed by atoms with Gasteiger partial charge in [-0.25, -0.2) is 9.50 Å². The molecule has 6 nitrogen and oxygen atoms in total. The first-order chi connectivity index (χ1) is 13.2. The third-order valence-corrected chi connectivity index (χ3v) is 5.53. The molecule has 2 unspecified atom stereocenters. The molecule has 136 valence electrons. The van der Waals surface area contributed by atoms with Crippen molar-refractivity contribution in [2.24, 2.45) is 0 Å². The van der Waals surface area contributed by atoms with Gasteiger partial charge in [0.15, 0.2) is 5.65 Å². The molecule has 1 aliphatic rings. The van der Waals surface area contributed by atoms with Crippen molar-refractivity contribution >= 4 is 22.3 Å². The smallest absolute Gasteiger partial charge is 0.259 e. The van der Waals surface area contributed by atoms with E-state index in [1.54, 1.807) is 28.0 Å². The molecule has 1 saturated heterocycles. The van der Waals surface area contributed by atoms with E-state index in [9.17, 15) is 9.90 Å². The fraction of sp³-hybridized carbons (Fsp3) is 0.238. The molecule has 1 fully saturated rings. The summed E-state index contributed by atoms with van der Waals surface area (Å²) < 4.78 is 1.71. The number of hydrogen-bond donors (Lipinski definition) is 2. The van der Waals surface area contributed by atoms with E-state index >= 15 is 0 Å². The van der Waals surface area contributed by atoms with Gasteiger partial charge < -0.3 is 10.0 Å². The lowest BCUT2D eigenvalue weighted by Gasteiger charge is -2.36. The van der Waals surface area contributed by atoms with E-state index in [1.807, 2.05) is 12.1 Å². The van der Waals surface area contributed by atoms with Crippen molar-refractivity contribution in [2.75, 3.05) is 13.1 Å². The van der Waals surface area contributed by atoms with Crippen molar-refractivity contribution in [3.63, 3.8) is 0 Å². The summed E-state index contributed by atoms with van der Waals surface area (Å²) in [5.41, 5.74) is 2.29. The normalized spacial score (nSPS) is 20.4. The predicted octanol–water partition coefficient (Wildman–Crippen LogP) is 2.81. The second-order valence-electron chi connectivity index (χ2n) is 7.13. The largest absolute Gasteiger partial charge is 0.391 e. The monoisotopic (exact) mass is 360 g/mol. The van der Waals surface area contributed by atoms with Crippen LogP contribution in [0.1, 0.15) is 28.3 Å². The van der Waals surface area contributed by atoms with E-state index in [0.717, 1.165) is 12.0 Å². The number of aliphatic hydroxyl groups is 1. The van der Waals surface area contributed by atoms with E-state index < -0.39 is 6.10 Å². The Labute approximate surface area is 156 Å². The maximum absolute atomic E-state index is 12.9. The highest BCUT2D eigenvalue weighted by molar-refractivity contribution is 5.99. The molecule has 4 aromatic rings. The number of fused-ring (bicyclic) bond motifs is 2. The number of nitrogens with one attached hydrogen (secondary N) is 1. The Hall–Kier alpha value is -3.12. The van der Waals surface area contributed by atoms with Crippen molar-refractivity contribution in [1.82, 2.24) is 19.5 Å². The number of likely N-dealkylation sites (tertiary alicyclic amines) is 1. The van der Waals surface area contributed by atoms with Gasteiger partial charge in [0.05, 0.1) is 6.10 Å². The van der Waals surface area contributed by atoms with Gasteiger partial charge in [-0.15, -0.1) is 0 Å². The number of β-amino-alcohol motifs (C(OH)–C–C–N with tert-alkyl or cyclic N) is 1. The van der Waals surface area contributed by atoms with Crippen LogP contribution in [0, 0.1) is 0 Å². The summed E-state index contributed by atoms with van der Waals surface area (Å²) in [6, 6.07) is 14.6. The Balaban J connectivity index is 1.36. The van der Waals surface area contributed by atoms with Gasteiger partial charge in [0.1, 0.15) is 5.56 Å². The Bertz CT molecular complexity index is 1130. The molecular weight excluding hydrogens is 340 g/mol. The van der Waals surface area contributed by atoms with Crippen molar-refractivity contribution in [2.45, 2.75) is 18.4 Å². The van der Waals surface area contributed by atoms with Crippen LogP contribution in [0.4, 0.5) is 0 Å². The highest BCUT2D eigenvalue weighted by Gasteiger charge is 2.32. The molecule has 2 aromatic heterocycles. The first-order valence-corrected chi connectivity index (χ1v) is 9.17. The molecule has 5 rings (SSSR count). The Kier molecular flexibility index (Phi) is 3.72. The number of aromatic nitrogens is 3. The Morgan fingerprint density at radius 1 is 1.19 bits per heavy atom. The molecule has 0 saturated carbocycles. The maximum Gasteiger partial charge on any atom is 0.259 e. The van der Waals surface area contributed by atoms with Crippen LogP contribution in [0.3, 0.4) is 0 Å². The second kappa shape index (κ2) is 6.25. The molecule has 0 bridgehead atoms. The van der Waals surface area contributed by atoms with Gasteiger partial charge >= 0.3 is 0 Å². The number of nitrogens with zero attached hydrogens (tertiary/aromatic N) is 3. The number of hydrogen-bond acceptors (Lipinski definition) is 3. The van der Waals surface area contributed by atoms with E-state index in [-0.39, 0.29) is 11.8 Å². The SMILES string of the molecule is O=C(c1c[nH]n2ccnc12)N1CCC(c2ccc3ccccc3c2)C(O)C1. The molecule has 27 heavy (non-hydrogen) atoms. The topological polar surface area (TPSA) is 73.6 Å². The number of carbonyl (C=O) groups excluding carboxylic acids is 1. The fourth-order valence-corrected chi connectivity index (χ4v) is 4.08. The van der Waals surface area contributed by atoms with E-state index in [2.05, 4.69) is 40.4 Å².